The quantitative estimate of drug-likeness (QED) is 0.791. The first kappa shape index (κ1) is 10.7. The molecule has 2 aromatic heterocycles. The average molecular weight is 222 g/mol. The van der Waals surface area contributed by atoms with Crippen molar-refractivity contribution >= 4 is 0 Å². The van der Waals surface area contributed by atoms with E-state index >= 15 is 0 Å². The third-order valence-corrected chi connectivity index (χ3v) is 2.22. The van der Waals surface area contributed by atoms with E-state index in [4.69, 9.17) is 4.52 Å². The second kappa shape index (κ2) is 4.01. The first-order valence-corrected chi connectivity index (χ1v) is 5.09. The van der Waals surface area contributed by atoms with Gasteiger partial charge < -0.3 is 9.84 Å². The van der Waals surface area contributed by atoms with Gasteiger partial charge in [-0.25, -0.2) is 0 Å². The van der Waals surface area contributed by atoms with Crippen LogP contribution in [-0.4, -0.2) is 32.1 Å². The van der Waals surface area contributed by atoms with Crippen LogP contribution in [0.15, 0.2) is 10.7 Å². The molecule has 0 aliphatic rings. The monoisotopic (exact) mass is 222 g/mol. The Hall–Kier alpha value is -1.76. The van der Waals surface area contributed by atoms with Crippen molar-refractivity contribution in [3.8, 4) is 11.5 Å². The minimum atomic E-state index is -0.344. The molecule has 0 radical (unpaired) electrons. The Balaban J connectivity index is 2.26. The molecule has 0 spiro atoms. The summed E-state index contributed by atoms with van der Waals surface area (Å²) in [6.45, 7) is 6.82. The molecule has 2 N–H and O–H groups in total. The molecule has 0 saturated heterocycles. The molecule has 0 unspecified atom stereocenters. The summed E-state index contributed by atoms with van der Waals surface area (Å²) >= 11 is 0. The fraction of sp³-hybridized carbons (Fsp3) is 0.556. The van der Waals surface area contributed by atoms with Gasteiger partial charge in [-0.15, -0.1) is 0 Å². The molecule has 2 rings (SSSR count). The SMILES string of the molecule is CCNC(C)(C)c1nc(-c2cn[nH]n2)no1. The molecule has 2 aromatic rings. The van der Waals surface area contributed by atoms with E-state index in [1.807, 2.05) is 20.8 Å². The molecular weight excluding hydrogens is 208 g/mol. The molecule has 0 fully saturated rings. The maximum absolute atomic E-state index is 5.20. The molecule has 0 aliphatic heterocycles. The molecule has 2 heterocycles. The van der Waals surface area contributed by atoms with Crippen LogP contribution in [0.5, 0.6) is 0 Å². The van der Waals surface area contributed by atoms with Crippen LogP contribution < -0.4 is 5.32 Å². The Labute approximate surface area is 92.6 Å². The number of aromatic nitrogens is 5. The Morgan fingerprint density at radius 3 is 2.94 bits per heavy atom. The van der Waals surface area contributed by atoms with Crippen LogP contribution >= 0.6 is 0 Å². The van der Waals surface area contributed by atoms with Crippen molar-refractivity contribution in [1.29, 1.82) is 0 Å². The Morgan fingerprint density at radius 2 is 2.31 bits per heavy atom. The summed E-state index contributed by atoms with van der Waals surface area (Å²) < 4.78 is 5.20. The van der Waals surface area contributed by atoms with Crippen LogP contribution in [-0.2, 0) is 5.54 Å². The van der Waals surface area contributed by atoms with E-state index in [2.05, 4.69) is 30.9 Å². The summed E-state index contributed by atoms with van der Waals surface area (Å²) in [5.74, 6) is 0.974. The van der Waals surface area contributed by atoms with Gasteiger partial charge in [-0.2, -0.15) is 20.4 Å². The van der Waals surface area contributed by atoms with Crippen molar-refractivity contribution in [2.75, 3.05) is 6.54 Å². The molecule has 7 heteroatoms. The summed E-state index contributed by atoms with van der Waals surface area (Å²) in [7, 11) is 0. The first-order valence-electron chi connectivity index (χ1n) is 5.09. The molecule has 7 nitrogen and oxygen atoms in total. The predicted molar refractivity (Wildman–Crippen MR) is 56.4 cm³/mol. The second-order valence-corrected chi connectivity index (χ2v) is 3.93. The normalized spacial score (nSPS) is 11.9. The van der Waals surface area contributed by atoms with Crippen molar-refractivity contribution in [2.24, 2.45) is 0 Å². The minimum absolute atomic E-state index is 0.344. The lowest BCUT2D eigenvalue weighted by molar-refractivity contribution is 0.272. The molecule has 0 bridgehead atoms. The molecular formula is C9H14N6O. The zero-order valence-electron chi connectivity index (χ0n) is 9.48. The van der Waals surface area contributed by atoms with Gasteiger partial charge in [0, 0.05) is 0 Å². The highest BCUT2D eigenvalue weighted by Crippen LogP contribution is 2.20. The zero-order chi connectivity index (χ0) is 11.6. The molecule has 0 aliphatic carbocycles. The Kier molecular flexibility index (Phi) is 2.69. The molecule has 0 atom stereocenters. The zero-order valence-corrected chi connectivity index (χ0v) is 9.48. The summed E-state index contributed by atoms with van der Waals surface area (Å²) in [4.78, 5) is 4.28. The number of nitrogens with zero attached hydrogens (tertiary/aromatic N) is 4. The van der Waals surface area contributed by atoms with E-state index in [1.165, 1.54) is 0 Å². The average Bonchev–Trinajstić information content (AvgIpc) is 2.89. The van der Waals surface area contributed by atoms with E-state index in [-0.39, 0.29) is 5.54 Å². The van der Waals surface area contributed by atoms with Crippen LogP contribution in [0.1, 0.15) is 26.7 Å². The van der Waals surface area contributed by atoms with Gasteiger partial charge in [-0.3, -0.25) is 0 Å². The highest BCUT2D eigenvalue weighted by atomic mass is 16.5. The van der Waals surface area contributed by atoms with Crippen LogP contribution in [0.25, 0.3) is 11.5 Å². The maximum atomic E-state index is 5.20. The van der Waals surface area contributed by atoms with Crippen LogP contribution in [0, 0.1) is 0 Å². The van der Waals surface area contributed by atoms with Gasteiger partial charge in [0.1, 0.15) is 0 Å². The lowest BCUT2D eigenvalue weighted by Gasteiger charge is -2.20. The lowest BCUT2D eigenvalue weighted by atomic mass is 10.1. The number of hydrogen-bond acceptors (Lipinski definition) is 6. The van der Waals surface area contributed by atoms with Crippen molar-refractivity contribution < 1.29 is 4.52 Å². The third kappa shape index (κ3) is 1.94. The predicted octanol–water partition coefficient (Wildman–Crippen LogP) is 0.699. The van der Waals surface area contributed by atoms with E-state index in [9.17, 15) is 0 Å². The molecule has 0 saturated carbocycles. The Morgan fingerprint density at radius 1 is 1.50 bits per heavy atom. The van der Waals surface area contributed by atoms with Gasteiger partial charge in [0.15, 0.2) is 5.69 Å². The molecule has 86 valence electrons. The summed E-state index contributed by atoms with van der Waals surface area (Å²) in [5, 5.41) is 17.2. The number of nitrogens with one attached hydrogen (secondary N) is 2. The fourth-order valence-corrected chi connectivity index (χ4v) is 1.41. The fourth-order valence-electron chi connectivity index (χ4n) is 1.41. The van der Waals surface area contributed by atoms with Crippen LogP contribution in [0.4, 0.5) is 0 Å². The van der Waals surface area contributed by atoms with E-state index in [0.717, 1.165) is 6.54 Å². The standard InChI is InChI=1S/C9H14N6O/c1-4-10-9(2,3)8-12-7(14-16-8)6-5-11-15-13-6/h5,10H,4H2,1-3H3,(H,11,13,15). The summed E-state index contributed by atoms with van der Waals surface area (Å²) in [6.07, 6.45) is 1.55. The van der Waals surface area contributed by atoms with Crippen LogP contribution in [0.2, 0.25) is 0 Å². The lowest BCUT2D eigenvalue weighted by Crippen LogP contribution is -2.36. The van der Waals surface area contributed by atoms with E-state index in [0.29, 0.717) is 17.4 Å². The Bertz CT molecular complexity index is 446. The van der Waals surface area contributed by atoms with Crippen molar-refractivity contribution in [1.82, 2.24) is 30.9 Å². The third-order valence-electron chi connectivity index (χ3n) is 2.22. The molecule has 0 amide bonds. The topological polar surface area (TPSA) is 92.5 Å². The van der Waals surface area contributed by atoms with Gasteiger partial charge in [0.25, 0.3) is 0 Å². The number of aromatic amines is 1. The van der Waals surface area contributed by atoms with Crippen LogP contribution in [0.3, 0.4) is 0 Å². The second-order valence-electron chi connectivity index (χ2n) is 3.93. The van der Waals surface area contributed by atoms with Crippen molar-refractivity contribution in [3.63, 3.8) is 0 Å². The highest BCUT2D eigenvalue weighted by molar-refractivity contribution is 5.45. The van der Waals surface area contributed by atoms with Gasteiger partial charge in [0.05, 0.1) is 11.7 Å². The maximum Gasteiger partial charge on any atom is 0.246 e. The van der Waals surface area contributed by atoms with E-state index in [1.54, 1.807) is 6.20 Å². The molecule has 0 aromatic carbocycles. The smallest absolute Gasteiger partial charge is 0.246 e. The van der Waals surface area contributed by atoms with Gasteiger partial charge >= 0.3 is 0 Å². The van der Waals surface area contributed by atoms with Gasteiger partial charge in [0.2, 0.25) is 11.7 Å². The summed E-state index contributed by atoms with van der Waals surface area (Å²) in [5.41, 5.74) is 0.228. The summed E-state index contributed by atoms with van der Waals surface area (Å²) in [6, 6.07) is 0. The number of rotatable bonds is 4. The number of hydrogen-bond donors (Lipinski definition) is 2. The largest absolute Gasteiger partial charge is 0.337 e. The van der Waals surface area contributed by atoms with Gasteiger partial charge in [-0.05, 0) is 20.4 Å². The van der Waals surface area contributed by atoms with E-state index < -0.39 is 0 Å². The molecule has 16 heavy (non-hydrogen) atoms. The van der Waals surface area contributed by atoms with Crippen molar-refractivity contribution in [2.45, 2.75) is 26.3 Å². The van der Waals surface area contributed by atoms with Crippen molar-refractivity contribution in [3.05, 3.63) is 12.1 Å². The van der Waals surface area contributed by atoms with Gasteiger partial charge in [-0.1, -0.05) is 12.1 Å². The highest BCUT2D eigenvalue weighted by Gasteiger charge is 2.26. The number of H-pyrrole nitrogens is 1. The first-order chi connectivity index (χ1) is 7.63. The minimum Gasteiger partial charge on any atom is -0.337 e.